The summed E-state index contributed by atoms with van der Waals surface area (Å²) in [5, 5.41) is 13.2. The van der Waals surface area contributed by atoms with Crippen LogP contribution in [0.5, 0.6) is 0 Å². The topological polar surface area (TPSA) is 41.5 Å². The SMILES string of the molecule is CC(CO)(NCC1=CCCOC1)c1ccc(Br)cc1. The van der Waals surface area contributed by atoms with Gasteiger partial charge in [0.05, 0.1) is 25.4 Å². The maximum Gasteiger partial charge on any atom is 0.0689 e. The Hall–Kier alpha value is -0.680. The van der Waals surface area contributed by atoms with E-state index in [1.807, 2.05) is 31.2 Å². The highest BCUT2D eigenvalue weighted by molar-refractivity contribution is 9.10. The third-order valence-corrected chi connectivity index (χ3v) is 4.01. The Morgan fingerprint density at radius 3 is 2.68 bits per heavy atom. The minimum absolute atomic E-state index is 0.0583. The fourth-order valence-electron chi connectivity index (χ4n) is 2.11. The van der Waals surface area contributed by atoms with Crippen molar-refractivity contribution in [3.63, 3.8) is 0 Å². The van der Waals surface area contributed by atoms with Crippen molar-refractivity contribution in [3.8, 4) is 0 Å². The standard InChI is InChI=1S/C15H20BrNO2/c1-15(11-18,13-4-6-14(16)7-5-13)17-9-12-3-2-8-19-10-12/h3-7,17-18H,2,8-11H2,1H3. The van der Waals surface area contributed by atoms with Crippen LogP contribution in [-0.4, -0.2) is 31.5 Å². The monoisotopic (exact) mass is 325 g/mol. The molecule has 1 unspecified atom stereocenters. The van der Waals surface area contributed by atoms with E-state index in [4.69, 9.17) is 4.74 Å². The van der Waals surface area contributed by atoms with Crippen molar-refractivity contribution >= 4 is 15.9 Å². The van der Waals surface area contributed by atoms with Crippen LogP contribution in [0.3, 0.4) is 0 Å². The molecule has 4 heteroatoms. The molecule has 3 nitrogen and oxygen atoms in total. The number of aliphatic hydroxyl groups is 1. The van der Waals surface area contributed by atoms with Gasteiger partial charge in [0.15, 0.2) is 0 Å². The number of aliphatic hydroxyl groups excluding tert-OH is 1. The quantitative estimate of drug-likeness (QED) is 0.818. The van der Waals surface area contributed by atoms with Crippen molar-refractivity contribution in [2.45, 2.75) is 18.9 Å². The van der Waals surface area contributed by atoms with E-state index in [-0.39, 0.29) is 6.61 Å². The second kappa shape index (κ2) is 6.66. The lowest BCUT2D eigenvalue weighted by atomic mass is 9.92. The molecule has 0 aliphatic carbocycles. The zero-order chi connectivity index (χ0) is 13.7. The first kappa shape index (κ1) is 14.7. The summed E-state index contributed by atoms with van der Waals surface area (Å²) in [7, 11) is 0. The normalized spacial score (nSPS) is 18.8. The Bertz CT molecular complexity index is 444. The Balaban J connectivity index is 2.04. The number of hydrogen-bond acceptors (Lipinski definition) is 3. The predicted octanol–water partition coefficient (Wildman–Crippen LogP) is 2.59. The van der Waals surface area contributed by atoms with Gasteiger partial charge in [0.1, 0.15) is 0 Å². The molecule has 1 aromatic carbocycles. The molecule has 1 atom stereocenters. The van der Waals surface area contributed by atoms with Crippen LogP contribution in [0.2, 0.25) is 0 Å². The highest BCUT2D eigenvalue weighted by Crippen LogP contribution is 2.22. The smallest absolute Gasteiger partial charge is 0.0689 e. The fourth-order valence-corrected chi connectivity index (χ4v) is 2.37. The number of ether oxygens (including phenoxy) is 1. The van der Waals surface area contributed by atoms with Gasteiger partial charge in [-0.25, -0.2) is 0 Å². The second-order valence-corrected chi connectivity index (χ2v) is 5.97. The highest BCUT2D eigenvalue weighted by Gasteiger charge is 2.25. The third kappa shape index (κ3) is 3.89. The van der Waals surface area contributed by atoms with E-state index >= 15 is 0 Å². The Morgan fingerprint density at radius 2 is 2.11 bits per heavy atom. The van der Waals surface area contributed by atoms with E-state index in [0.29, 0.717) is 6.61 Å². The first-order valence-corrected chi connectivity index (χ1v) is 7.31. The van der Waals surface area contributed by atoms with Gasteiger partial charge in [0, 0.05) is 11.0 Å². The van der Waals surface area contributed by atoms with Crippen LogP contribution in [-0.2, 0) is 10.3 Å². The van der Waals surface area contributed by atoms with Gasteiger partial charge in [-0.2, -0.15) is 0 Å². The average Bonchev–Trinajstić information content (AvgIpc) is 2.46. The number of nitrogens with one attached hydrogen (secondary N) is 1. The van der Waals surface area contributed by atoms with E-state index < -0.39 is 5.54 Å². The molecule has 0 spiro atoms. The van der Waals surface area contributed by atoms with Crippen molar-refractivity contribution in [1.29, 1.82) is 0 Å². The van der Waals surface area contributed by atoms with E-state index in [1.165, 1.54) is 5.57 Å². The summed E-state index contributed by atoms with van der Waals surface area (Å²) in [6.07, 6.45) is 3.20. The first-order chi connectivity index (χ1) is 9.14. The van der Waals surface area contributed by atoms with Crippen LogP contribution in [0.15, 0.2) is 40.4 Å². The molecular weight excluding hydrogens is 306 g/mol. The van der Waals surface area contributed by atoms with E-state index in [0.717, 1.165) is 29.6 Å². The zero-order valence-electron chi connectivity index (χ0n) is 11.2. The maximum absolute atomic E-state index is 9.71. The minimum Gasteiger partial charge on any atom is -0.394 e. The van der Waals surface area contributed by atoms with Crippen LogP contribution in [0.25, 0.3) is 0 Å². The molecule has 2 rings (SSSR count). The molecule has 2 N–H and O–H groups in total. The number of hydrogen-bond donors (Lipinski definition) is 2. The highest BCUT2D eigenvalue weighted by atomic mass is 79.9. The molecule has 0 fully saturated rings. The van der Waals surface area contributed by atoms with Gasteiger partial charge >= 0.3 is 0 Å². The average molecular weight is 326 g/mol. The van der Waals surface area contributed by atoms with Crippen LogP contribution >= 0.6 is 15.9 Å². The first-order valence-electron chi connectivity index (χ1n) is 6.52. The van der Waals surface area contributed by atoms with Crippen molar-refractivity contribution in [3.05, 3.63) is 46.0 Å². The molecular formula is C15H20BrNO2. The second-order valence-electron chi connectivity index (χ2n) is 5.05. The number of rotatable bonds is 5. The number of halogens is 1. The summed E-state index contributed by atoms with van der Waals surface area (Å²) in [4.78, 5) is 0. The molecule has 0 saturated carbocycles. The molecule has 1 aromatic rings. The maximum atomic E-state index is 9.71. The Kier molecular flexibility index (Phi) is 5.16. The molecule has 0 bridgehead atoms. The van der Waals surface area contributed by atoms with Crippen molar-refractivity contribution in [2.24, 2.45) is 0 Å². The summed E-state index contributed by atoms with van der Waals surface area (Å²) >= 11 is 3.43. The summed E-state index contributed by atoms with van der Waals surface area (Å²) in [6.45, 7) is 4.32. The lowest BCUT2D eigenvalue weighted by Gasteiger charge is -2.30. The minimum atomic E-state index is -0.432. The molecule has 1 aliphatic rings. The molecule has 0 amide bonds. The van der Waals surface area contributed by atoms with Gasteiger partial charge in [-0.05, 0) is 36.6 Å². The van der Waals surface area contributed by atoms with Gasteiger partial charge in [-0.3, -0.25) is 0 Å². The lowest BCUT2D eigenvalue weighted by molar-refractivity contribution is 0.142. The van der Waals surface area contributed by atoms with Gasteiger partial charge in [-0.1, -0.05) is 34.1 Å². The molecule has 0 saturated heterocycles. The summed E-state index contributed by atoms with van der Waals surface area (Å²) < 4.78 is 6.47. The lowest BCUT2D eigenvalue weighted by Crippen LogP contribution is -2.44. The Morgan fingerprint density at radius 1 is 1.37 bits per heavy atom. The van der Waals surface area contributed by atoms with Gasteiger partial charge < -0.3 is 15.2 Å². The molecule has 0 radical (unpaired) electrons. The van der Waals surface area contributed by atoms with Gasteiger partial charge in [0.25, 0.3) is 0 Å². The van der Waals surface area contributed by atoms with Crippen molar-refractivity contribution in [2.75, 3.05) is 26.4 Å². The molecule has 19 heavy (non-hydrogen) atoms. The van der Waals surface area contributed by atoms with Crippen LogP contribution in [0.4, 0.5) is 0 Å². The van der Waals surface area contributed by atoms with Crippen LogP contribution < -0.4 is 5.32 Å². The van der Waals surface area contributed by atoms with Crippen molar-refractivity contribution < 1.29 is 9.84 Å². The van der Waals surface area contributed by atoms with Gasteiger partial charge in [-0.15, -0.1) is 0 Å². The molecule has 0 aromatic heterocycles. The molecule has 104 valence electrons. The fraction of sp³-hybridized carbons (Fsp3) is 0.467. The van der Waals surface area contributed by atoms with E-state index in [1.54, 1.807) is 0 Å². The summed E-state index contributed by atoms with van der Waals surface area (Å²) in [5.74, 6) is 0. The molecule has 1 aliphatic heterocycles. The summed E-state index contributed by atoms with van der Waals surface area (Å²) in [6, 6.07) is 8.04. The number of benzene rings is 1. The van der Waals surface area contributed by atoms with E-state index in [2.05, 4.69) is 27.3 Å². The zero-order valence-corrected chi connectivity index (χ0v) is 12.7. The Labute approximate surface area is 122 Å². The van der Waals surface area contributed by atoms with Crippen LogP contribution in [0, 0.1) is 0 Å². The van der Waals surface area contributed by atoms with Crippen LogP contribution in [0.1, 0.15) is 18.9 Å². The largest absolute Gasteiger partial charge is 0.394 e. The predicted molar refractivity (Wildman–Crippen MR) is 80.1 cm³/mol. The van der Waals surface area contributed by atoms with Crippen molar-refractivity contribution in [1.82, 2.24) is 5.32 Å². The van der Waals surface area contributed by atoms with Gasteiger partial charge in [0.2, 0.25) is 0 Å². The van der Waals surface area contributed by atoms with E-state index in [9.17, 15) is 5.11 Å². The molecule has 1 heterocycles. The summed E-state index contributed by atoms with van der Waals surface area (Å²) in [5.41, 5.74) is 1.90. The third-order valence-electron chi connectivity index (χ3n) is 3.49.